The maximum Gasteiger partial charge on any atom is 2.00 e. The van der Waals surface area contributed by atoms with E-state index in [9.17, 15) is 4.57 Å². The van der Waals surface area contributed by atoms with Gasteiger partial charge in [-0.15, -0.1) is 0 Å². The molecule has 0 aromatic heterocycles. The van der Waals surface area contributed by atoms with Crippen molar-refractivity contribution in [3.8, 4) is 0 Å². The molecule has 0 aliphatic heterocycles. The maximum absolute atomic E-state index is 13.9. The third-order valence-corrected chi connectivity index (χ3v) is 13.6. The van der Waals surface area contributed by atoms with Crippen LogP contribution in [0.5, 0.6) is 0 Å². The van der Waals surface area contributed by atoms with Crippen LogP contribution in [-0.2, 0) is 4.57 Å². The summed E-state index contributed by atoms with van der Waals surface area (Å²) in [6, 6.07) is 45.4. The van der Waals surface area contributed by atoms with E-state index in [4.69, 9.17) is 11.2 Å². The zero-order chi connectivity index (χ0) is 30.5. The summed E-state index contributed by atoms with van der Waals surface area (Å²) in [5.74, 6) is 0. The van der Waals surface area contributed by atoms with Crippen LogP contribution in [0.15, 0.2) is 176 Å². The monoisotopic (exact) mass is 838 g/mol. The predicted octanol–water partition coefficient (Wildman–Crippen LogP) is 11.3. The van der Waals surface area contributed by atoms with Crippen molar-refractivity contribution in [1.82, 2.24) is 0 Å². The van der Waals surface area contributed by atoms with Gasteiger partial charge < -0.3 is 7.42 Å². The van der Waals surface area contributed by atoms with Gasteiger partial charge in [0.1, 0.15) is 0 Å². The summed E-state index contributed by atoms with van der Waals surface area (Å²) in [6.07, 6.45) is 8.90. The molecule has 222 valence electrons. The molecule has 5 aromatic rings. The number of allylic oxidation sites excluding steroid dienone is 4. The molecule has 0 radical (unpaired) electrons. The van der Waals surface area contributed by atoms with Gasteiger partial charge in [-0.2, -0.15) is 0 Å². The van der Waals surface area contributed by atoms with Crippen molar-refractivity contribution in [1.29, 1.82) is 0 Å². The Balaban J connectivity index is 0.000000368. The van der Waals surface area contributed by atoms with Crippen molar-refractivity contribution in [2.45, 2.75) is 12.8 Å². The molecule has 44 heavy (non-hydrogen) atoms. The van der Waals surface area contributed by atoms with Gasteiger partial charge in [-0.1, -0.05) is 186 Å². The van der Waals surface area contributed by atoms with E-state index >= 15 is 0 Å². The summed E-state index contributed by atoms with van der Waals surface area (Å²) in [7, 11) is -3.48. The van der Waals surface area contributed by atoms with Crippen LogP contribution in [0.2, 0.25) is 0 Å². The Morgan fingerprint density at radius 3 is 1.48 bits per heavy atom. The zero-order valence-corrected chi connectivity index (χ0v) is 32.7. The van der Waals surface area contributed by atoms with Crippen molar-refractivity contribution in [2.75, 3.05) is 0 Å². The number of benzene rings is 5. The molecular formula is C36H32Br3ClMgOP2. The fourth-order valence-corrected chi connectivity index (χ4v) is 10.7. The van der Waals surface area contributed by atoms with Gasteiger partial charge in [0, 0.05) is 29.3 Å². The molecule has 1 unspecified atom stereocenters. The summed E-state index contributed by atoms with van der Waals surface area (Å²) in [6.45, 7) is 0. The van der Waals surface area contributed by atoms with E-state index in [1.165, 1.54) is 10.6 Å². The van der Waals surface area contributed by atoms with E-state index in [0.717, 1.165) is 42.2 Å². The minimum Gasteiger partial charge on any atom is -1.00 e. The molecule has 1 atom stereocenters. The normalized spacial score (nSPS) is 12.7. The number of hydrogen-bond acceptors (Lipinski definition) is 1. The second-order valence-electron chi connectivity index (χ2n) is 9.43. The Hall–Kier alpha value is -1.26. The second-order valence-corrected chi connectivity index (χ2v) is 17.5. The van der Waals surface area contributed by atoms with Gasteiger partial charge in [-0.3, -0.25) is 0 Å². The molecule has 0 bridgehead atoms. The SMILES string of the molecule is Brc1cccc(Br)c1.ClP(C1=CCCC=C1)c1ccccc1.O=P(c1ccccc1)(c1ccccc1)c1cccc(Br)c1.[H-].[H-].[Mg+2]. The van der Waals surface area contributed by atoms with Gasteiger partial charge in [0.15, 0.2) is 7.14 Å². The van der Waals surface area contributed by atoms with Crippen LogP contribution in [0.25, 0.3) is 0 Å². The number of hydrogen-bond donors (Lipinski definition) is 0. The molecule has 0 spiro atoms. The Bertz CT molecular complexity index is 1650. The molecule has 0 amide bonds. The number of halogens is 4. The fourth-order valence-electron chi connectivity index (χ4n) is 4.31. The van der Waals surface area contributed by atoms with E-state index in [1.54, 1.807) is 0 Å². The maximum atomic E-state index is 13.9. The molecule has 0 saturated carbocycles. The summed E-state index contributed by atoms with van der Waals surface area (Å²) in [4.78, 5) is 0. The topological polar surface area (TPSA) is 17.1 Å². The first-order valence-corrected chi connectivity index (χ1v) is 20.0. The third-order valence-electron chi connectivity index (χ3n) is 6.38. The summed E-state index contributed by atoms with van der Waals surface area (Å²) in [5, 5.41) is 5.08. The van der Waals surface area contributed by atoms with Crippen LogP contribution in [-0.4, -0.2) is 23.1 Å². The van der Waals surface area contributed by atoms with Crippen molar-refractivity contribution in [2.24, 2.45) is 0 Å². The van der Waals surface area contributed by atoms with E-state index < -0.39 is 14.4 Å². The van der Waals surface area contributed by atoms with Crippen molar-refractivity contribution in [3.05, 3.63) is 176 Å². The first-order valence-electron chi connectivity index (χ1n) is 13.6. The molecule has 8 heteroatoms. The molecule has 0 N–H and O–H groups in total. The van der Waals surface area contributed by atoms with E-state index in [1.807, 2.05) is 127 Å². The molecule has 0 heterocycles. The van der Waals surface area contributed by atoms with Crippen molar-refractivity contribution < 1.29 is 7.42 Å². The fraction of sp³-hybridized carbons (Fsp3) is 0.0556. The largest absolute Gasteiger partial charge is 2.00 e. The standard InChI is InChI=1S/C18H14BrOP.C12H12ClP.C6H4Br2.Mg.2H/c19-15-8-7-13-18(14-15)21(20,16-9-3-1-4-10-16)17-11-5-2-6-12-17;13-14(11-7-3-1-4-8-11)12-9-5-2-6-10-12;7-5-2-1-3-6(8)4-5;;;/h1-14H;1,3-5,7-10H,2,6H2;1-4H;;;/q;;;+2;2*-1. The first-order chi connectivity index (χ1) is 20.9. The van der Waals surface area contributed by atoms with Gasteiger partial charge in [0.05, 0.1) is 7.27 Å². The summed E-state index contributed by atoms with van der Waals surface area (Å²) >= 11 is 16.6. The smallest absolute Gasteiger partial charge is 1.00 e. The van der Waals surface area contributed by atoms with E-state index in [0.29, 0.717) is 0 Å². The molecule has 5 aromatic carbocycles. The first kappa shape index (κ1) is 37.2. The van der Waals surface area contributed by atoms with Crippen molar-refractivity contribution >= 4 is 118 Å². The van der Waals surface area contributed by atoms with Gasteiger partial charge in [-0.05, 0) is 53.8 Å². The Morgan fingerprint density at radius 2 is 1.05 bits per heavy atom. The molecule has 0 fully saturated rings. The quantitative estimate of drug-likeness (QED) is 0.127. The molecule has 1 aliphatic rings. The van der Waals surface area contributed by atoms with Crippen LogP contribution < -0.4 is 21.2 Å². The Kier molecular flexibility index (Phi) is 16.4. The Morgan fingerprint density at radius 1 is 0.591 bits per heavy atom. The third kappa shape index (κ3) is 10.9. The van der Waals surface area contributed by atoms with Crippen LogP contribution in [0.3, 0.4) is 0 Å². The van der Waals surface area contributed by atoms with Gasteiger partial charge in [0.25, 0.3) is 0 Å². The van der Waals surface area contributed by atoms with Crippen LogP contribution in [0.1, 0.15) is 15.7 Å². The van der Waals surface area contributed by atoms with Crippen LogP contribution in [0, 0.1) is 0 Å². The van der Waals surface area contributed by atoms with Gasteiger partial charge in [0.2, 0.25) is 0 Å². The Labute approximate surface area is 311 Å². The minimum atomic E-state index is -2.83. The van der Waals surface area contributed by atoms with Gasteiger partial charge in [-0.25, -0.2) is 0 Å². The molecular weight excluding hydrogens is 810 g/mol. The summed E-state index contributed by atoms with van der Waals surface area (Å²) < 4.78 is 17.1. The number of rotatable bonds is 5. The van der Waals surface area contributed by atoms with Gasteiger partial charge >= 0.3 is 23.1 Å². The molecule has 1 aliphatic carbocycles. The summed E-state index contributed by atoms with van der Waals surface area (Å²) in [5.41, 5.74) is 0. The van der Waals surface area contributed by atoms with Crippen molar-refractivity contribution in [3.63, 3.8) is 0 Å². The van der Waals surface area contributed by atoms with E-state index in [-0.39, 0.29) is 25.9 Å². The molecule has 1 nitrogen and oxygen atoms in total. The van der Waals surface area contributed by atoms with Crippen LogP contribution in [0.4, 0.5) is 0 Å². The average molecular weight is 842 g/mol. The minimum absolute atomic E-state index is 0. The molecule has 0 saturated heterocycles. The predicted molar refractivity (Wildman–Crippen MR) is 209 cm³/mol. The van der Waals surface area contributed by atoms with Crippen LogP contribution >= 0.6 is 73.4 Å². The zero-order valence-electron chi connectivity index (χ0n) is 25.9. The molecule has 6 rings (SSSR count). The van der Waals surface area contributed by atoms with E-state index in [2.05, 4.69) is 78.2 Å². The second kappa shape index (κ2) is 19.4. The average Bonchev–Trinajstić information content (AvgIpc) is 3.06.